The molecule has 0 aliphatic carbocycles. The van der Waals surface area contributed by atoms with Gasteiger partial charge in [0.1, 0.15) is 0 Å². The van der Waals surface area contributed by atoms with Crippen molar-refractivity contribution in [1.82, 2.24) is 14.9 Å². The summed E-state index contributed by atoms with van der Waals surface area (Å²) in [5, 5.41) is 2.70. The Bertz CT molecular complexity index is 247. The van der Waals surface area contributed by atoms with Crippen LogP contribution in [-0.4, -0.2) is 28.6 Å². The van der Waals surface area contributed by atoms with Crippen molar-refractivity contribution in [3.05, 3.63) is 18.7 Å². The van der Waals surface area contributed by atoms with Gasteiger partial charge in [0.25, 0.3) is 5.92 Å². The average Bonchev–Trinajstić information content (AvgIpc) is 2.56. The predicted octanol–water partition coefficient (Wildman–Crippen LogP) is 1.52. The highest BCUT2D eigenvalue weighted by molar-refractivity contribution is 4.79. The van der Waals surface area contributed by atoms with Crippen molar-refractivity contribution in [2.75, 3.05) is 13.1 Å². The van der Waals surface area contributed by atoms with Crippen molar-refractivity contribution in [2.24, 2.45) is 0 Å². The van der Waals surface area contributed by atoms with E-state index in [9.17, 15) is 8.78 Å². The monoisotopic (exact) mass is 203 g/mol. The molecule has 0 amide bonds. The standard InChI is InChI=1S/C9H15F2N3/c1-2-3-12-6-9(10,11)7-14-5-4-13-8-14/h4-5,8,12H,2-3,6-7H2,1H3. The molecule has 0 aliphatic heterocycles. The topological polar surface area (TPSA) is 29.9 Å². The van der Waals surface area contributed by atoms with Crippen molar-refractivity contribution in [2.45, 2.75) is 25.8 Å². The van der Waals surface area contributed by atoms with E-state index in [2.05, 4.69) is 10.3 Å². The first-order valence-corrected chi connectivity index (χ1v) is 4.68. The van der Waals surface area contributed by atoms with Gasteiger partial charge < -0.3 is 9.88 Å². The first-order valence-electron chi connectivity index (χ1n) is 4.68. The summed E-state index contributed by atoms with van der Waals surface area (Å²) < 4.78 is 27.8. The highest BCUT2D eigenvalue weighted by Gasteiger charge is 2.28. The molecule has 1 aromatic rings. The molecule has 0 saturated carbocycles. The van der Waals surface area contributed by atoms with Crippen molar-refractivity contribution in [3.8, 4) is 0 Å². The van der Waals surface area contributed by atoms with Gasteiger partial charge in [-0.25, -0.2) is 13.8 Å². The molecule has 3 nitrogen and oxygen atoms in total. The summed E-state index contributed by atoms with van der Waals surface area (Å²) in [5.74, 6) is -2.71. The largest absolute Gasteiger partial charge is 0.331 e. The summed E-state index contributed by atoms with van der Waals surface area (Å²) in [6.45, 7) is 1.98. The minimum atomic E-state index is -2.71. The Morgan fingerprint density at radius 3 is 2.86 bits per heavy atom. The fourth-order valence-corrected chi connectivity index (χ4v) is 1.15. The second-order valence-corrected chi connectivity index (χ2v) is 3.27. The fourth-order valence-electron chi connectivity index (χ4n) is 1.15. The molecule has 1 heterocycles. The van der Waals surface area contributed by atoms with E-state index in [-0.39, 0.29) is 13.1 Å². The van der Waals surface area contributed by atoms with Gasteiger partial charge >= 0.3 is 0 Å². The number of alkyl halides is 2. The summed E-state index contributed by atoms with van der Waals surface area (Å²) >= 11 is 0. The molecular formula is C9H15F2N3. The van der Waals surface area contributed by atoms with E-state index in [1.54, 1.807) is 0 Å². The maximum Gasteiger partial charge on any atom is 0.277 e. The molecule has 1 N–H and O–H groups in total. The molecule has 1 aromatic heterocycles. The lowest BCUT2D eigenvalue weighted by Crippen LogP contribution is -2.36. The molecule has 0 fully saturated rings. The molecule has 0 atom stereocenters. The number of hydrogen-bond donors (Lipinski definition) is 1. The lowest BCUT2D eigenvalue weighted by molar-refractivity contribution is -0.0147. The van der Waals surface area contributed by atoms with Crippen LogP contribution >= 0.6 is 0 Å². The molecule has 0 bridgehead atoms. The maximum absolute atomic E-state index is 13.2. The number of rotatable bonds is 6. The number of halogens is 2. The summed E-state index contributed by atoms with van der Waals surface area (Å²) in [4.78, 5) is 3.71. The SMILES string of the molecule is CCCNCC(F)(F)Cn1ccnc1. The minimum absolute atomic E-state index is 0.279. The Morgan fingerprint density at radius 2 is 2.29 bits per heavy atom. The quantitative estimate of drug-likeness (QED) is 0.710. The van der Waals surface area contributed by atoms with Crippen molar-refractivity contribution < 1.29 is 8.78 Å². The van der Waals surface area contributed by atoms with E-state index in [0.717, 1.165) is 6.42 Å². The van der Waals surface area contributed by atoms with E-state index in [0.29, 0.717) is 6.54 Å². The zero-order chi connectivity index (χ0) is 10.4. The Labute approximate surface area is 82.1 Å². The molecule has 0 unspecified atom stereocenters. The number of nitrogens with zero attached hydrogens (tertiary/aromatic N) is 2. The second-order valence-electron chi connectivity index (χ2n) is 3.27. The van der Waals surface area contributed by atoms with Gasteiger partial charge in [-0.1, -0.05) is 6.92 Å². The Morgan fingerprint density at radius 1 is 1.50 bits per heavy atom. The first kappa shape index (κ1) is 11.1. The van der Waals surface area contributed by atoms with E-state index in [4.69, 9.17) is 0 Å². The Kier molecular flexibility index (Phi) is 4.00. The molecule has 0 spiro atoms. The van der Waals surface area contributed by atoms with Gasteiger partial charge in [-0.3, -0.25) is 0 Å². The average molecular weight is 203 g/mol. The van der Waals surface area contributed by atoms with Crippen LogP contribution in [0.1, 0.15) is 13.3 Å². The van der Waals surface area contributed by atoms with Crippen LogP contribution in [0.5, 0.6) is 0 Å². The van der Waals surface area contributed by atoms with E-state index >= 15 is 0 Å². The molecular weight excluding hydrogens is 188 g/mol. The van der Waals surface area contributed by atoms with Gasteiger partial charge in [0.15, 0.2) is 0 Å². The van der Waals surface area contributed by atoms with Crippen LogP contribution in [-0.2, 0) is 6.54 Å². The lowest BCUT2D eigenvalue weighted by Gasteiger charge is -2.17. The van der Waals surface area contributed by atoms with Crippen LogP contribution in [0.3, 0.4) is 0 Å². The number of nitrogens with one attached hydrogen (secondary N) is 1. The molecule has 80 valence electrons. The number of aromatic nitrogens is 2. The third-order valence-corrected chi connectivity index (χ3v) is 1.78. The van der Waals surface area contributed by atoms with Crippen LogP contribution in [0, 0.1) is 0 Å². The predicted molar refractivity (Wildman–Crippen MR) is 50.3 cm³/mol. The summed E-state index contributed by atoms with van der Waals surface area (Å²) in [6, 6.07) is 0. The molecule has 14 heavy (non-hydrogen) atoms. The van der Waals surface area contributed by atoms with Crippen LogP contribution in [0.25, 0.3) is 0 Å². The smallest absolute Gasteiger partial charge is 0.277 e. The highest BCUT2D eigenvalue weighted by atomic mass is 19.3. The number of hydrogen-bond acceptors (Lipinski definition) is 2. The Balaban J connectivity index is 2.33. The van der Waals surface area contributed by atoms with Crippen LogP contribution < -0.4 is 5.32 Å². The third-order valence-electron chi connectivity index (χ3n) is 1.78. The first-order chi connectivity index (χ1) is 6.64. The van der Waals surface area contributed by atoms with Gasteiger partial charge in [-0.2, -0.15) is 0 Å². The highest BCUT2D eigenvalue weighted by Crippen LogP contribution is 2.14. The zero-order valence-corrected chi connectivity index (χ0v) is 8.21. The zero-order valence-electron chi connectivity index (χ0n) is 8.21. The number of imidazole rings is 1. The van der Waals surface area contributed by atoms with Gasteiger partial charge in [-0.15, -0.1) is 0 Å². The van der Waals surface area contributed by atoms with Crippen LogP contribution in [0.2, 0.25) is 0 Å². The summed E-state index contributed by atoms with van der Waals surface area (Å²) in [5.41, 5.74) is 0. The second kappa shape index (κ2) is 5.05. The van der Waals surface area contributed by atoms with Crippen molar-refractivity contribution in [3.63, 3.8) is 0 Å². The van der Waals surface area contributed by atoms with E-state index in [1.807, 2.05) is 6.92 Å². The minimum Gasteiger partial charge on any atom is -0.331 e. The summed E-state index contributed by atoms with van der Waals surface area (Å²) in [6.07, 6.45) is 5.29. The fraction of sp³-hybridized carbons (Fsp3) is 0.667. The van der Waals surface area contributed by atoms with Gasteiger partial charge in [-0.05, 0) is 13.0 Å². The molecule has 1 rings (SSSR count). The molecule has 0 saturated heterocycles. The van der Waals surface area contributed by atoms with Gasteiger partial charge in [0, 0.05) is 12.4 Å². The van der Waals surface area contributed by atoms with Gasteiger partial charge in [0.2, 0.25) is 0 Å². The summed E-state index contributed by atoms with van der Waals surface area (Å²) in [7, 11) is 0. The van der Waals surface area contributed by atoms with E-state index < -0.39 is 5.92 Å². The molecule has 0 aromatic carbocycles. The molecule has 0 aliphatic rings. The molecule has 0 radical (unpaired) electrons. The molecule has 5 heteroatoms. The van der Waals surface area contributed by atoms with Gasteiger partial charge in [0.05, 0.1) is 19.4 Å². The van der Waals surface area contributed by atoms with Crippen LogP contribution in [0.15, 0.2) is 18.7 Å². The van der Waals surface area contributed by atoms with Crippen molar-refractivity contribution >= 4 is 0 Å². The van der Waals surface area contributed by atoms with Crippen molar-refractivity contribution in [1.29, 1.82) is 0 Å². The third kappa shape index (κ3) is 3.83. The Hall–Kier alpha value is -0.970. The maximum atomic E-state index is 13.2. The normalized spacial score (nSPS) is 11.9. The van der Waals surface area contributed by atoms with E-state index in [1.165, 1.54) is 23.3 Å². The lowest BCUT2D eigenvalue weighted by atomic mass is 10.3. The van der Waals surface area contributed by atoms with Crippen LogP contribution in [0.4, 0.5) is 8.78 Å².